The number of rotatable bonds is 12. The van der Waals surface area contributed by atoms with E-state index in [0.717, 1.165) is 63.2 Å². The molecule has 0 aromatic rings. The van der Waals surface area contributed by atoms with Crippen molar-refractivity contribution >= 4 is 5.97 Å². The molecule has 0 bridgehead atoms. The lowest BCUT2D eigenvalue weighted by atomic mass is 9.42. The SMILES string of the molecule is CC(=CC1CCC2C3CC[C@@]4(N)C[C@@H](NCCCNCCCN)CC[C@]4(C)C3CC[C@]12C)CCC(=O)O. The predicted octanol–water partition coefficient (Wildman–Crippen LogP) is 4.82. The summed E-state index contributed by atoms with van der Waals surface area (Å²) in [5.74, 6) is 2.28. The number of nitrogens with two attached hydrogens (primary N) is 2. The minimum atomic E-state index is -0.690. The van der Waals surface area contributed by atoms with Gasteiger partial charge in [0.15, 0.2) is 0 Å². The van der Waals surface area contributed by atoms with E-state index < -0.39 is 5.97 Å². The zero-order valence-electron chi connectivity index (χ0n) is 24.0. The fraction of sp³-hybridized carbons (Fsp3) is 0.903. The minimum Gasteiger partial charge on any atom is -0.481 e. The quantitative estimate of drug-likeness (QED) is 0.188. The maximum atomic E-state index is 11.0. The van der Waals surface area contributed by atoms with Gasteiger partial charge in [0.2, 0.25) is 0 Å². The molecule has 0 spiro atoms. The molecule has 0 aliphatic heterocycles. The molecule has 8 atom stereocenters. The highest BCUT2D eigenvalue weighted by Crippen LogP contribution is 2.68. The summed E-state index contributed by atoms with van der Waals surface area (Å²) in [5.41, 5.74) is 14.8. The van der Waals surface area contributed by atoms with E-state index in [2.05, 4.69) is 37.5 Å². The maximum Gasteiger partial charge on any atom is 0.303 e. The molecule has 4 fully saturated rings. The van der Waals surface area contributed by atoms with Crippen LogP contribution in [0.3, 0.4) is 0 Å². The summed E-state index contributed by atoms with van der Waals surface area (Å²) in [6.07, 6.45) is 17.0. The van der Waals surface area contributed by atoms with E-state index >= 15 is 0 Å². The smallest absolute Gasteiger partial charge is 0.303 e. The van der Waals surface area contributed by atoms with E-state index in [1.54, 1.807) is 0 Å². The number of carbonyl (C=O) groups is 1. The minimum absolute atomic E-state index is 0.0392. The second-order valence-corrected chi connectivity index (χ2v) is 13.8. The highest BCUT2D eigenvalue weighted by Gasteiger charge is 2.63. The van der Waals surface area contributed by atoms with Crippen LogP contribution in [-0.4, -0.2) is 48.8 Å². The van der Waals surface area contributed by atoms with Gasteiger partial charge in [0.05, 0.1) is 0 Å². The number of aliphatic carboxylic acids is 1. The molecule has 0 radical (unpaired) electrons. The molecule has 7 N–H and O–H groups in total. The first-order valence-electron chi connectivity index (χ1n) is 15.4. The normalized spacial score (nSPS) is 41.6. The molecule has 212 valence electrons. The van der Waals surface area contributed by atoms with Gasteiger partial charge < -0.3 is 27.2 Å². The van der Waals surface area contributed by atoms with Crippen LogP contribution in [0.5, 0.6) is 0 Å². The summed E-state index contributed by atoms with van der Waals surface area (Å²) in [6, 6.07) is 0.558. The van der Waals surface area contributed by atoms with Crippen molar-refractivity contribution in [3.05, 3.63) is 11.6 Å². The fourth-order valence-corrected chi connectivity index (χ4v) is 9.44. The van der Waals surface area contributed by atoms with Gasteiger partial charge in [0.25, 0.3) is 0 Å². The number of allylic oxidation sites excluding steroid dienone is 2. The summed E-state index contributed by atoms with van der Waals surface area (Å²) < 4.78 is 0. The molecule has 0 heterocycles. The van der Waals surface area contributed by atoms with E-state index in [1.165, 1.54) is 56.9 Å². The topological polar surface area (TPSA) is 113 Å². The molecule has 37 heavy (non-hydrogen) atoms. The van der Waals surface area contributed by atoms with Crippen LogP contribution < -0.4 is 22.1 Å². The van der Waals surface area contributed by atoms with E-state index in [1.807, 2.05) is 0 Å². The Morgan fingerprint density at radius 3 is 2.51 bits per heavy atom. The highest BCUT2D eigenvalue weighted by atomic mass is 16.4. The molecule has 6 nitrogen and oxygen atoms in total. The van der Waals surface area contributed by atoms with Crippen molar-refractivity contribution in [1.29, 1.82) is 0 Å². The summed E-state index contributed by atoms with van der Waals surface area (Å²) in [5, 5.41) is 16.4. The number of hydrogen-bond acceptors (Lipinski definition) is 5. The van der Waals surface area contributed by atoms with E-state index in [4.69, 9.17) is 16.6 Å². The zero-order chi connectivity index (χ0) is 26.7. The third-order valence-corrected chi connectivity index (χ3v) is 11.8. The molecule has 4 saturated carbocycles. The lowest BCUT2D eigenvalue weighted by Gasteiger charge is -2.65. The second-order valence-electron chi connectivity index (χ2n) is 13.8. The van der Waals surface area contributed by atoms with Crippen molar-refractivity contribution in [1.82, 2.24) is 10.6 Å². The van der Waals surface area contributed by atoms with Crippen LogP contribution in [0.2, 0.25) is 0 Å². The summed E-state index contributed by atoms with van der Waals surface area (Å²) in [6.45, 7) is 11.2. The van der Waals surface area contributed by atoms with Crippen molar-refractivity contribution in [3.8, 4) is 0 Å². The second kappa shape index (κ2) is 12.1. The molecule has 0 saturated heterocycles. The highest BCUT2D eigenvalue weighted by molar-refractivity contribution is 5.67. The Kier molecular flexibility index (Phi) is 9.47. The summed E-state index contributed by atoms with van der Waals surface area (Å²) in [7, 11) is 0. The first kappa shape index (κ1) is 29.0. The van der Waals surface area contributed by atoms with Gasteiger partial charge in [-0.2, -0.15) is 0 Å². The van der Waals surface area contributed by atoms with Gasteiger partial charge in [-0.3, -0.25) is 4.79 Å². The third kappa shape index (κ3) is 5.97. The number of hydrogen-bond donors (Lipinski definition) is 5. The molecule has 4 aliphatic rings. The van der Waals surface area contributed by atoms with Crippen LogP contribution in [0.1, 0.15) is 104 Å². The summed E-state index contributed by atoms with van der Waals surface area (Å²) in [4.78, 5) is 11.0. The molecule has 4 unspecified atom stereocenters. The first-order valence-corrected chi connectivity index (χ1v) is 15.4. The number of carboxylic acids is 1. The Labute approximate surface area is 226 Å². The number of fused-ring (bicyclic) bond motifs is 5. The van der Waals surface area contributed by atoms with Crippen molar-refractivity contribution < 1.29 is 9.90 Å². The van der Waals surface area contributed by atoms with Crippen molar-refractivity contribution in [2.45, 2.75) is 116 Å². The molecule has 4 rings (SSSR count). The average molecular weight is 517 g/mol. The van der Waals surface area contributed by atoms with Gasteiger partial charge in [0.1, 0.15) is 0 Å². The van der Waals surface area contributed by atoms with E-state index in [9.17, 15) is 4.79 Å². The largest absolute Gasteiger partial charge is 0.481 e. The van der Waals surface area contributed by atoms with Crippen molar-refractivity contribution in [2.24, 2.45) is 46.0 Å². The first-order chi connectivity index (χ1) is 17.6. The van der Waals surface area contributed by atoms with Crippen LogP contribution in [0.15, 0.2) is 11.6 Å². The van der Waals surface area contributed by atoms with Crippen molar-refractivity contribution in [3.63, 3.8) is 0 Å². The van der Waals surface area contributed by atoms with Crippen molar-refractivity contribution in [2.75, 3.05) is 26.2 Å². The maximum absolute atomic E-state index is 11.0. The van der Waals surface area contributed by atoms with E-state index in [0.29, 0.717) is 23.8 Å². The number of carboxylic acid groups (broad SMARTS) is 1. The monoisotopic (exact) mass is 516 g/mol. The molecule has 0 aromatic heterocycles. The van der Waals surface area contributed by atoms with Crippen LogP contribution in [0.25, 0.3) is 0 Å². The summed E-state index contributed by atoms with van der Waals surface area (Å²) >= 11 is 0. The van der Waals surface area contributed by atoms with Crippen LogP contribution >= 0.6 is 0 Å². The van der Waals surface area contributed by atoms with Gasteiger partial charge in [-0.1, -0.05) is 25.5 Å². The Morgan fingerprint density at radius 1 is 0.973 bits per heavy atom. The number of nitrogens with one attached hydrogen (secondary N) is 2. The van der Waals surface area contributed by atoms with Gasteiger partial charge in [-0.25, -0.2) is 0 Å². The Bertz CT molecular complexity index is 817. The van der Waals surface area contributed by atoms with Crippen LogP contribution in [-0.2, 0) is 4.79 Å². The van der Waals surface area contributed by atoms with Crippen LogP contribution in [0, 0.1) is 34.5 Å². The Morgan fingerprint density at radius 2 is 1.76 bits per heavy atom. The molecule has 6 heteroatoms. The van der Waals surface area contributed by atoms with Crippen LogP contribution in [0.4, 0.5) is 0 Å². The molecule has 0 amide bonds. The lowest BCUT2D eigenvalue weighted by molar-refractivity contribution is -0.136. The Hall–Kier alpha value is -0.950. The standard InChI is InChI=1S/C31H56N4O2/c1-22(6-9-28(36)37)20-23-7-8-26-25-11-15-31(33)21-24(35-19-5-18-34-17-4-16-32)10-14-30(31,3)27(25)12-13-29(23,26)2/h20,23-27,34-35H,4-19,21,32-33H2,1-3H3,(H,36,37)/t23?,24-,25?,26?,27?,29+,30+,31+/m0/s1. The molecular formula is C31H56N4O2. The lowest BCUT2D eigenvalue weighted by Crippen LogP contribution is -2.68. The average Bonchev–Trinajstić information content (AvgIpc) is 3.18. The van der Waals surface area contributed by atoms with Gasteiger partial charge in [-0.05, 0) is 145 Å². The van der Waals surface area contributed by atoms with E-state index in [-0.39, 0.29) is 17.4 Å². The Balaban J connectivity index is 1.35. The third-order valence-electron chi connectivity index (χ3n) is 11.8. The molecule has 0 aromatic carbocycles. The van der Waals surface area contributed by atoms with Gasteiger partial charge in [-0.15, -0.1) is 0 Å². The van der Waals surface area contributed by atoms with Gasteiger partial charge in [0, 0.05) is 18.0 Å². The zero-order valence-corrected chi connectivity index (χ0v) is 24.0. The fourth-order valence-electron chi connectivity index (χ4n) is 9.44. The van der Waals surface area contributed by atoms with Gasteiger partial charge >= 0.3 is 5.97 Å². The molecular weight excluding hydrogens is 460 g/mol. The molecule has 4 aliphatic carbocycles. The predicted molar refractivity (Wildman–Crippen MR) is 152 cm³/mol.